The van der Waals surface area contributed by atoms with Crippen LogP contribution in [0.2, 0.25) is 0 Å². The second-order valence-corrected chi connectivity index (χ2v) is 4.47. The van der Waals surface area contributed by atoms with Crippen LogP contribution >= 0.6 is 0 Å². The summed E-state index contributed by atoms with van der Waals surface area (Å²) in [7, 11) is 0. The molecule has 1 atom stereocenters. The van der Waals surface area contributed by atoms with E-state index in [9.17, 15) is 4.79 Å². The van der Waals surface area contributed by atoms with Crippen molar-refractivity contribution < 1.29 is 9.90 Å². The number of carbonyl (C=O) groups is 1. The van der Waals surface area contributed by atoms with Crippen LogP contribution < -0.4 is 5.32 Å². The van der Waals surface area contributed by atoms with Crippen LogP contribution in [0.15, 0.2) is 24.3 Å². The van der Waals surface area contributed by atoms with Gasteiger partial charge in [0.05, 0.1) is 5.56 Å². The van der Waals surface area contributed by atoms with Crippen molar-refractivity contribution >= 4 is 11.7 Å². The molecule has 0 saturated heterocycles. The van der Waals surface area contributed by atoms with Crippen LogP contribution in [-0.4, -0.2) is 17.1 Å². The van der Waals surface area contributed by atoms with E-state index in [0.29, 0.717) is 17.5 Å². The Morgan fingerprint density at radius 2 is 2.12 bits per heavy atom. The highest BCUT2D eigenvalue weighted by atomic mass is 16.4. The first-order valence-corrected chi connectivity index (χ1v) is 5.77. The third-order valence-electron chi connectivity index (χ3n) is 3.40. The summed E-state index contributed by atoms with van der Waals surface area (Å²) in [5, 5.41) is 12.4. The topological polar surface area (TPSA) is 49.3 Å². The van der Waals surface area contributed by atoms with Gasteiger partial charge in [0.1, 0.15) is 0 Å². The molecule has 1 saturated carbocycles. The summed E-state index contributed by atoms with van der Waals surface area (Å²) in [4.78, 5) is 11.0. The van der Waals surface area contributed by atoms with Crippen LogP contribution in [0, 0.1) is 5.92 Å². The van der Waals surface area contributed by atoms with E-state index in [2.05, 4.69) is 12.2 Å². The lowest BCUT2D eigenvalue weighted by Gasteiger charge is -2.32. The van der Waals surface area contributed by atoms with Crippen molar-refractivity contribution in [3.05, 3.63) is 29.8 Å². The molecular formula is C13H17NO2. The van der Waals surface area contributed by atoms with Gasteiger partial charge in [-0.25, -0.2) is 4.79 Å². The second kappa shape index (κ2) is 4.56. The van der Waals surface area contributed by atoms with Gasteiger partial charge in [0.25, 0.3) is 0 Å². The Balaban J connectivity index is 2.10. The van der Waals surface area contributed by atoms with E-state index in [-0.39, 0.29) is 0 Å². The van der Waals surface area contributed by atoms with Crippen LogP contribution in [0.1, 0.15) is 36.5 Å². The molecule has 0 bridgehead atoms. The Hall–Kier alpha value is -1.51. The molecule has 1 aliphatic carbocycles. The van der Waals surface area contributed by atoms with Crippen LogP contribution in [0.3, 0.4) is 0 Å². The maximum absolute atomic E-state index is 11.0. The van der Waals surface area contributed by atoms with Gasteiger partial charge in [-0.3, -0.25) is 0 Å². The van der Waals surface area contributed by atoms with Crippen LogP contribution in [0.25, 0.3) is 0 Å². The van der Waals surface area contributed by atoms with Gasteiger partial charge in [-0.2, -0.15) is 0 Å². The van der Waals surface area contributed by atoms with Crippen molar-refractivity contribution in [2.45, 2.75) is 32.2 Å². The van der Waals surface area contributed by atoms with Crippen molar-refractivity contribution in [1.29, 1.82) is 0 Å². The second-order valence-electron chi connectivity index (χ2n) is 4.47. The molecule has 0 aromatic heterocycles. The van der Waals surface area contributed by atoms with Crippen LogP contribution in [-0.2, 0) is 0 Å². The molecule has 1 fully saturated rings. The monoisotopic (exact) mass is 219 g/mol. The van der Waals surface area contributed by atoms with E-state index in [0.717, 1.165) is 5.69 Å². The number of carboxylic acids is 1. The summed E-state index contributed by atoms with van der Waals surface area (Å²) in [6.45, 7) is 2.13. The zero-order valence-corrected chi connectivity index (χ0v) is 9.44. The molecule has 0 aliphatic heterocycles. The molecule has 2 N–H and O–H groups in total. The van der Waals surface area contributed by atoms with Crippen molar-refractivity contribution in [2.75, 3.05) is 5.32 Å². The summed E-state index contributed by atoms with van der Waals surface area (Å²) in [5.74, 6) is -0.175. The van der Waals surface area contributed by atoms with Gasteiger partial charge >= 0.3 is 5.97 Å². The number of benzene rings is 1. The van der Waals surface area contributed by atoms with Crippen LogP contribution in [0.5, 0.6) is 0 Å². The Kier molecular flexibility index (Phi) is 3.13. The number of carboxylic acid groups (broad SMARTS) is 1. The summed E-state index contributed by atoms with van der Waals surface area (Å²) in [6, 6.07) is 7.44. The lowest BCUT2D eigenvalue weighted by atomic mass is 9.80. The fourth-order valence-electron chi connectivity index (χ4n) is 2.10. The van der Waals surface area contributed by atoms with E-state index in [1.807, 2.05) is 12.1 Å². The first-order chi connectivity index (χ1) is 7.68. The molecule has 0 heterocycles. The smallest absolute Gasteiger partial charge is 0.337 e. The molecule has 2 rings (SSSR count). The zero-order chi connectivity index (χ0) is 11.5. The predicted molar refractivity (Wildman–Crippen MR) is 63.8 cm³/mol. The molecular weight excluding hydrogens is 202 g/mol. The molecule has 1 aromatic carbocycles. The van der Waals surface area contributed by atoms with Crippen molar-refractivity contribution in [3.8, 4) is 0 Å². The largest absolute Gasteiger partial charge is 0.478 e. The average Bonchev–Trinajstić information content (AvgIpc) is 2.15. The fourth-order valence-corrected chi connectivity index (χ4v) is 2.10. The maximum Gasteiger partial charge on any atom is 0.337 e. The minimum atomic E-state index is -0.871. The third-order valence-corrected chi connectivity index (χ3v) is 3.40. The fraction of sp³-hybridized carbons (Fsp3) is 0.462. The average molecular weight is 219 g/mol. The van der Waals surface area contributed by atoms with Gasteiger partial charge in [0, 0.05) is 11.7 Å². The third kappa shape index (κ3) is 2.18. The van der Waals surface area contributed by atoms with Gasteiger partial charge < -0.3 is 10.4 Å². The molecule has 3 heteroatoms. The number of hydrogen-bond donors (Lipinski definition) is 2. The Morgan fingerprint density at radius 1 is 1.44 bits per heavy atom. The SMILES string of the molecule is CC(Nc1ccccc1C(=O)O)C1CCC1. The minimum absolute atomic E-state index is 0.355. The Morgan fingerprint density at radius 3 is 2.69 bits per heavy atom. The van der Waals surface area contributed by atoms with Crippen LogP contribution in [0.4, 0.5) is 5.69 Å². The highest BCUT2D eigenvalue weighted by molar-refractivity contribution is 5.94. The molecule has 86 valence electrons. The quantitative estimate of drug-likeness (QED) is 0.818. The van der Waals surface area contributed by atoms with E-state index in [1.165, 1.54) is 19.3 Å². The summed E-state index contributed by atoms with van der Waals surface area (Å²) < 4.78 is 0. The van der Waals surface area contributed by atoms with Gasteiger partial charge in [-0.15, -0.1) is 0 Å². The van der Waals surface area contributed by atoms with E-state index < -0.39 is 5.97 Å². The summed E-state index contributed by atoms with van der Waals surface area (Å²) >= 11 is 0. The number of nitrogens with one attached hydrogen (secondary N) is 1. The number of anilines is 1. The molecule has 0 radical (unpaired) electrons. The maximum atomic E-state index is 11.0. The number of hydrogen-bond acceptors (Lipinski definition) is 2. The van der Waals surface area contributed by atoms with E-state index in [1.54, 1.807) is 12.1 Å². The molecule has 1 aromatic rings. The Labute approximate surface area is 95.5 Å². The Bertz CT molecular complexity index is 385. The van der Waals surface area contributed by atoms with E-state index in [4.69, 9.17) is 5.11 Å². The normalized spacial score (nSPS) is 17.6. The summed E-state index contributed by atoms with van der Waals surface area (Å²) in [6.07, 6.45) is 3.81. The van der Waals surface area contributed by atoms with Crippen molar-refractivity contribution in [1.82, 2.24) is 0 Å². The predicted octanol–water partition coefficient (Wildman–Crippen LogP) is 2.99. The number of para-hydroxylation sites is 1. The molecule has 1 unspecified atom stereocenters. The molecule has 3 nitrogen and oxygen atoms in total. The van der Waals surface area contributed by atoms with Crippen molar-refractivity contribution in [3.63, 3.8) is 0 Å². The highest BCUT2D eigenvalue weighted by Crippen LogP contribution is 2.31. The van der Waals surface area contributed by atoms with E-state index >= 15 is 0 Å². The van der Waals surface area contributed by atoms with Crippen molar-refractivity contribution in [2.24, 2.45) is 5.92 Å². The first kappa shape index (κ1) is 11.0. The molecule has 0 amide bonds. The lowest BCUT2D eigenvalue weighted by Crippen LogP contribution is -2.31. The summed E-state index contributed by atoms with van der Waals surface area (Å²) in [5.41, 5.74) is 1.09. The number of rotatable bonds is 4. The highest BCUT2D eigenvalue weighted by Gasteiger charge is 2.24. The van der Waals surface area contributed by atoms with Gasteiger partial charge in [0.15, 0.2) is 0 Å². The number of aromatic carboxylic acids is 1. The zero-order valence-electron chi connectivity index (χ0n) is 9.44. The minimum Gasteiger partial charge on any atom is -0.478 e. The standard InChI is InChI=1S/C13H17NO2/c1-9(10-5-4-6-10)14-12-8-3-2-7-11(12)13(15)16/h2-3,7-10,14H,4-6H2,1H3,(H,15,16). The van der Waals surface area contributed by atoms with Gasteiger partial charge in [-0.05, 0) is 37.8 Å². The first-order valence-electron chi connectivity index (χ1n) is 5.77. The molecule has 0 spiro atoms. The molecule has 16 heavy (non-hydrogen) atoms. The lowest BCUT2D eigenvalue weighted by molar-refractivity contribution is 0.0698. The molecule has 1 aliphatic rings. The van der Waals surface area contributed by atoms with Gasteiger partial charge in [0.2, 0.25) is 0 Å². The van der Waals surface area contributed by atoms with Gasteiger partial charge in [-0.1, -0.05) is 18.6 Å².